The van der Waals surface area contributed by atoms with E-state index in [1.165, 1.54) is 107 Å². The van der Waals surface area contributed by atoms with Crippen molar-refractivity contribution in [3.63, 3.8) is 0 Å². The highest BCUT2D eigenvalue weighted by molar-refractivity contribution is 5.22. The zero-order valence-electron chi connectivity index (χ0n) is 20.5. The van der Waals surface area contributed by atoms with Crippen LogP contribution in [-0.4, -0.2) is 7.11 Å². The Labute approximate surface area is 193 Å². The van der Waals surface area contributed by atoms with Crippen LogP contribution in [0, 0.1) is 23.2 Å². The molecule has 1 nitrogen and oxygen atoms in total. The topological polar surface area (TPSA) is 9.23 Å². The summed E-state index contributed by atoms with van der Waals surface area (Å²) in [5.41, 5.74) is 3.40. The van der Waals surface area contributed by atoms with Gasteiger partial charge in [-0.25, -0.2) is 0 Å². The van der Waals surface area contributed by atoms with Gasteiger partial charge >= 0.3 is 0 Å². The molecule has 174 valence electrons. The molecule has 2 aliphatic carbocycles. The first-order valence-electron chi connectivity index (χ1n) is 13.4. The zero-order chi connectivity index (χ0) is 21.9. The van der Waals surface area contributed by atoms with Crippen LogP contribution in [0.1, 0.15) is 108 Å². The number of rotatable bonds is 12. The zero-order valence-corrected chi connectivity index (χ0v) is 20.5. The van der Waals surface area contributed by atoms with E-state index < -0.39 is 0 Å². The van der Waals surface area contributed by atoms with Crippen molar-refractivity contribution in [2.75, 3.05) is 7.11 Å². The molecule has 0 bridgehead atoms. The fraction of sp³-hybridized carbons (Fsp3) is 0.733. The molecule has 2 fully saturated rings. The van der Waals surface area contributed by atoms with Crippen LogP contribution >= 0.6 is 0 Å². The van der Waals surface area contributed by atoms with Crippen LogP contribution in [0.15, 0.2) is 36.9 Å². The molecule has 1 aromatic carbocycles. The minimum absolute atomic E-state index is 0.601. The molecule has 2 saturated carbocycles. The lowest BCUT2D eigenvalue weighted by molar-refractivity contribution is 0.0856. The van der Waals surface area contributed by atoms with Crippen LogP contribution in [0.2, 0.25) is 0 Å². The van der Waals surface area contributed by atoms with Gasteiger partial charge in [0.15, 0.2) is 0 Å². The first-order valence-corrected chi connectivity index (χ1v) is 13.4. The molecule has 0 heterocycles. The Morgan fingerprint density at radius 1 is 1.03 bits per heavy atom. The number of aryl methyl sites for hydroxylation is 1. The van der Waals surface area contributed by atoms with Gasteiger partial charge in [-0.15, -0.1) is 6.58 Å². The van der Waals surface area contributed by atoms with Crippen molar-refractivity contribution >= 4 is 0 Å². The first kappa shape index (κ1) is 24.6. The van der Waals surface area contributed by atoms with Crippen LogP contribution in [-0.2, 0) is 17.8 Å². The largest absolute Gasteiger partial charge is 0.380 e. The summed E-state index contributed by atoms with van der Waals surface area (Å²) in [6, 6.07) is 9.19. The van der Waals surface area contributed by atoms with E-state index in [-0.39, 0.29) is 0 Å². The van der Waals surface area contributed by atoms with E-state index in [2.05, 4.69) is 43.8 Å². The van der Waals surface area contributed by atoms with E-state index in [4.69, 9.17) is 4.74 Å². The van der Waals surface area contributed by atoms with Gasteiger partial charge in [0, 0.05) is 7.11 Å². The van der Waals surface area contributed by atoms with E-state index in [0.29, 0.717) is 5.41 Å². The molecular formula is C30H48O. The van der Waals surface area contributed by atoms with Crippen molar-refractivity contribution in [1.29, 1.82) is 0 Å². The van der Waals surface area contributed by atoms with Gasteiger partial charge in [0.1, 0.15) is 0 Å². The van der Waals surface area contributed by atoms with E-state index >= 15 is 0 Å². The van der Waals surface area contributed by atoms with Crippen molar-refractivity contribution in [3.8, 4) is 0 Å². The summed E-state index contributed by atoms with van der Waals surface area (Å²) in [6.45, 7) is 7.11. The first-order chi connectivity index (χ1) is 15.2. The van der Waals surface area contributed by atoms with Crippen LogP contribution in [0.4, 0.5) is 0 Å². The lowest BCUT2D eigenvalue weighted by Crippen LogP contribution is -2.31. The minimum Gasteiger partial charge on any atom is -0.380 e. The van der Waals surface area contributed by atoms with Gasteiger partial charge in [0.05, 0.1) is 6.61 Å². The highest BCUT2D eigenvalue weighted by atomic mass is 16.5. The molecule has 0 spiro atoms. The summed E-state index contributed by atoms with van der Waals surface area (Å²) in [5.74, 6) is 2.90. The number of methoxy groups -OCH3 is 1. The highest BCUT2D eigenvalue weighted by Crippen LogP contribution is 2.49. The van der Waals surface area contributed by atoms with Crippen LogP contribution in [0.3, 0.4) is 0 Å². The van der Waals surface area contributed by atoms with Crippen molar-refractivity contribution < 1.29 is 4.74 Å². The van der Waals surface area contributed by atoms with Crippen LogP contribution in [0.5, 0.6) is 0 Å². The van der Waals surface area contributed by atoms with Gasteiger partial charge in [-0.05, 0) is 92.1 Å². The van der Waals surface area contributed by atoms with Crippen LogP contribution < -0.4 is 0 Å². The fourth-order valence-corrected chi connectivity index (χ4v) is 6.74. The van der Waals surface area contributed by atoms with Gasteiger partial charge in [-0.3, -0.25) is 0 Å². The second-order valence-corrected chi connectivity index (χ2v) is 10.8. The van der Waals surface area contributed by atoms with Gasteiger partial charge in [0.25, 0.3) is 0 Å². The third kappa shape index (κ3) is 7.48. The molecule has 1 atom stereocenters. The SMILES string of the molecule is C=CCCC1CCC(C(CC)CC2(CCc3ccc(COC)cc3)CCCCC2)CC1. The standard InChI is InChI=1S/C30H48O/c1-4-6-10-25-15-17-29(18-16-25)28(5-2)23-30(20-8-7-9-21-30)22-19-26-11-13-27(14-12-26)24-31-3/h4,11-14,25,28-29H,1,5-10,15-24H2,2-3H3. The van der Waals surface area contributed by atoms with Gasteiger partial charge in [-0.2, -0.15) is 0 Å². The quantitative estimate of drug-likeness (QED) is 0.304. The summed E-state index contributed by atoms with van der Waals surface area (Å²) in [7, 11) is 1.78. The summed E-state index contributed by atoms with van der Waals surface area (Å²) in [5, 5.41) is 0. The number of ether oxygens (including phenoxy) is 1. The molecule has 2 aliphatic rings. The second-order valence-electron chi connectivity index (χ2n) is 10.8. The van der Waals surface area contributed by atoms with Crippen LogP contribution in [0.25, 0.3) is 0 Å². The van der Waals surface area contributed by atoms with Gasteiger partial charge < -0.3 is 4.74 Å². The summed E-state index contributed by atoms with van der Waals surface area (Å²) >= 11 is 0. The Balaban J connectivity index is 1.58. The number of allylic oxidation sites excluding steroid dienone is 1. The maximum absolute atomic E-state index is 5.27. The van der Waals surface area contributed by atoms with Crippen molar-refractivity contribution in [3.05, 3.63) is 48.0 Å². The summed E-state index contributed by atoms with van der Waals surface area (Å²) in [4.78, 5) is 0. The number of benzene rings is 1. The molecule has 1 heteroatoms. The molecule has 0 aliphatic heterocycles. The monoisotopic (exact) mass is 424 g/mol. The Morgan fingerprint density at radius 3 is 2.32 bits per heavy atom. The van der Waals surface area contributed by atoms with Crippen molar-refractivity contribution in [2.45, 2.75) is 110 Å². The Morgan fingerprint density at radius 2 is 1.71 bits per heavy atom. The summed E-state index contributed by atoms with van der Waals surface area (Å²) in [6.07, 6.45) is 23.4. The average molecular weight is 425 g/mol. The van der Waals surface area contributed by atoms with Gasteiger partial charge in [0.2, 0.25) is 0 Å². The molecule has 0 amide bonds. The molecule has 1 aromatic rings. The second kappa shape index (κ2) is 12.8. The minimum atomic E-state index is 0.601. The number of hydrogen-bond donors (Lipinski definition) is 0. The van der Waals surface area contributed by atoms with E-state index in [1.54, 1.807) is 7.11 Å². The molecule has 31 heavy (non-hydrogen) atoms. The third-order valence-electron chi connectivity index (χ3n) is 8.75. The Kier molecular flexibility index (Phi) is 10.2. The Hall–Kier alpha value is -1.08. The van der Waals surface area contributed by atoms with Crippen molar-refractivity contribution in [1.82, 2.24) is 0 Å². The summed E-state index contributed by atoms with van der Waals surface area (Å²) < 4.78 is 5.27. The molecule has 0 aromatic heterocycles. The molecule has 0 saturated heterocycles. The van der Waals surface area contributed by atoms with E-state index in [1.807, 2.05) is 0 Å². The fourth-order valence-electron chi connectivity index (χ4n) is 6.74. The highest BCUT2D eigenvalue weighted by Gasteiger charge is 2.36. The number of hydrogen-bond acceptors (Lipinski definition) is 1. The predicted molar refractivity (Wildman–Crippen MR) is 134 cm³/mol. The van der Waals surface area contributed by atoms with Crippen molar-refractivity contribution in [2.24, 2.45) is 23.2 Å². The normalized spacial score (nSPS) is 24.6. The maximum Gasteiger partial charge on any atom is 0.0713 e. The van der Waals surface area contributed by atoms with Gasteiger partial charge in [-0.1, -0.05) is 75.8 Å². The molecule has 1 unspecified atom stereocenters. The maximum atomic E-state index is 5.27. The molecule has 0 N–H and O–H groups in total. The average Bonchev–Trinajstić information content (AvgIpc) is 2.82. The lowest BCUT2D eigenvalue weighted by atomic mass is 9.62. The Bertz CT molecular complexity index is 616. The molecular weight excluding hydrogens is 376 g/mol. The molecule has 3 rings (SSSR count). The molecule has 0 radical (unpaired) electrons. The van der Waals surface area contributed by atoms with E-state index in [0.717, 1.165) is 24.4 Å². The third-order valence-corrected chi connectivity index (χ3v) is 8.75. The lowest BCUT2D eigenvalue weighted by Gasteiger charge is -2.43. The smallest absolute Gasteiger partial charge is 0.0713 e. The predicted octanol–water partition coefficient (Wildman–Crippen LogP) is 8.91. The van der Waals surface area contributed by atoms with E-state index in [9.17, 15) is 0 Å².